The van der Waals surface area contributed by atoms with Crippen LogP contribution < -0.4 is 5.73 Å². The van der Waals surface area contributed by atoms with Gasteiger partial charge in [0.05, 0.1) is 6.04 Å². The van der Waals surface area contributed by atoms with Crippen molar-refractivity contribution in [3.63, 3.8) is 0 Å². The van der Waals surface area contributed by atoms with Crippen LogP contribution in [0.3, 0.4) is 0 Å². The van der Waals surface area contributed by atoms with Crippen molar-refractivity contribution >= 4 is 30.1 Å². The molecule has 20 heavy (non-hydrogen) atoms. The second-order valence-electron chi connectivity index (χ2n) is 5.19. The Morgan fingerprint density at radius 2 is 2.15 bits per heavy atom. The molecule has 0 aromatic heterocycles. The molecule has 0 aliphatic carbocycles. The largest absolute Gasteiger partial charge is 0.341 e. The summed E-state index contributed by atoms with van der Waals surface area (Å²) in [5, 5.41) is 0. The zero-order valence-corrected chi connectivity index (χ0v) is 13.5. The van der Waals surface area contributed by atoms with Crippen molar-refractivity contribution in [2.75, 3.05) is 25.1 Å². The van der Waals surface area contributed by atoms with Gasteiger partial charge in [-0.2, -0.15) is 11.8 Å². The highest BCUT2D eigenvalue weighted by molar-refractivity contribution is 7.98. The number of nitrogens with two attached hydrogens (primary N) is 1. The molecule has 1 aromatic carbocycles. The Bertz CT molecular complexity index is 416. The third-order valence-corrected chi connectivity index (χ3v) is 4.42. The summed E-state index contributed by atoms with van der Waals surface area (Å²) >= 11 is 1.85. The third kappa shape index (κ3) is 4.69. The first-order chi connectivity index (χ1) is 9.20. The maximum absolute atomic E-state index is 12.3. The highest BCUT2D eigenvalue weighted by Crippen LogP contribution is 2.20. The number of rotatable bonds is 5. The molecule has 1 aromatic rings. The van der Waals surface area contributed by atoms with Crippen molar-refractivity contribution in [2.24, 2.45) is 11.7 Å². The number of amides is 1. The lowest BCUT2D eigenvalue weighted by molar-refractivity contribution is -0.131. The SMILES string of the molecule is CSCC1CCN(C(=O)[C@@H](N)Cc2ccccc2)C1.Cl. The van der Waals surface area contributed by atoms with Crippen LogP contribution in [0.1, 0.15) is 12.0 Å². The van der Waals surface area contributed by atoms with Crippen molar-refractivity contribution in [1.82, 2.24) is 4.90 Å². The molecule has 5 heteroatoms. The van der Waals surface area contributed by atoms with Gasteiger partial charge in [0.25, 0.3) is 0 Å². The van der Waals surface area contributed by atoms with Gasteiger partial charge in [0.2, 0.25) is 5.91 Å². The van der Waals surface area contributed by atoms with Gasteiger partial charge in [0.15, 0.2) is 0 Å². The molecule has 2 N–H and O–H groups in total. The normalized spacial score (nSPS) is 19.5. The molecule has 112 valence electrons. The van der Waals surface area contributed by atoms with Crippen LogP contribution in [-0.4, -0.2) is 41.9 Å². The van der Waals surface area contributed by atoms with Crippen molar-refractivity contribution in [1.29, 1.82) is 0 Å². The van der Waals surface area contributed by atoms with E-state index < -0.39 is 6.04 Å². The molecular formula is C15H23ClN2OS. The molecule has 0 bridgehead atoms. The Morgan fingerprint density at radius 1 is 1.45 bits per heavy atom. The lowest BCUT2D eigenvalue weighted by Crippen LogP contribution is -2.44. The molecule has 1 heterocycles. The molecule has 0 spiro atoms. The van der Waals surface area contributed by atoms with Gasteiger partial charge in [-0.05, 0) is 36.3 Å². The van der Waals surface area contributed by atoms with E-state index >= 15 is 0 Å². The first-order valence-corrected chi connectivity index (χ1v) is 8.17. The van der Waals surface area contributed by atoms with E-state index in [1.165, 1.54) is 0 Å². The number of hydrogen-bond acceptors (Lipinski definition) is 3. The summed E-state index contributed by atoms with van der Waals surface area (Å²) in [6.45, 7) is 1.74. The van der Waals surface area contributed by atoms with Crippen molar-refractivity contribution in [3.05, 3.63) is 35.9 Å². The van der Waals surface area contributed by atoms with Gasteiger partial charge in [-0.25, -0.2) is 0 Å². The number of likely N-dealkylation sites (tertiary alicyclic amines) is 1. The Morgan fingerprint density at radius 3 is 2.80 bits per heavy atom. The maximum Gasteiger partial charge on any atom is 0.239 e. The molecule has 1 amide bonds. The van der Waals surface area contributed by atoms with Crippen LogP contribution in [0.5, 0.6) is 0 Å². The van der Waals surface area contributed by atoms with Crippen molar-refractivity contribution in [2.45, 2.75) is 18.9 Å². The molecule has 2 rings (SSSR count). The van der Waals surface area contributed by atoms with E-state index in [2.05, 4.69) is 6.26 Å². The predicted molar refractivity (Wildman–Crippen MR) is 88.4 cm³/mol. The summed E-state index contributed by atoms with van der Waals surface area (Å²) < 4.78 is 0. The first kappa shape index (κ1) is 17.3. The molecule has 3 nitrogen and oxygen atoms in total. The predicted octanol–water partition coefficient (Wildman–Crippen LogP) is 2.19. The average Bonchev–Trinajstić information content (AvgIpc) is 2.88. The topological polar surface area (TPSA) is 46.3 Å². The van der Waals surface area contributed by atoms with Crippen LogP contribution >= 0.6 is 24.2 Å². The van der Waals surface area contributed by atoms with E-state index in [0.717, 1.165) is 30.8 Å². The van der Waals surface area contributed by atoms with Gasteiger partial charge < -0.3 is 10.6 Å². The summed E-state index contributed by atoms with van der Waals surface area (Å²) in [5.41, 5.74) is 7.18. The fraction of sp³-hybridized carbons (Fsp3) is 0.533. The fourth-order valence-corrected chi connectivity index (χ4v) is 3.34. The van der Waals surface area contributed by atoms with Crippen LogP contribution in [0.15, 0.2) is 30.3 Å². The second-order valence-corrected chi connectivity index (χ2v) is 6.10. The van der Waals surface area contributed by atoms with Gasteiger partial charge in [0, 0.05) is 13.1 Å². The highest BCUT2D eigenvalue weighted by atomic mass is 35.5. The quantitative estimate of drug-likeness (QED) is 0.906. The van der Waals surface area contributed by atoms with Gasteiger partial charge in [-0.1, -0.05) is 30.3 Å². The number of nitrogens with zero attached hydrogens (tertiary/aromatic N) is 1. The van der Waals surface area contributed by atoms with Gasteiger partial charge in [-0.15, -0.1) is 12.4 Å². The lowest BCUT2D eigenvalue weighted by atomic mass is 10.1. The molecule has 1 fully saturated rings. The summed E-state index contributed by atoms with van der Waals surface area (Å²) in [7, 11) is 0. The van der Waals surface area contributed by atoms with E-state index in [0.29, 0.717) is 12.3 Å². The molecule has 2 atom stereocenters. The lowest BCUT2D eigenvalue weighted by Gasteiger charge is -2.21. The molecule has 1 aliphatic rings. The molecule has 1 saturated heterocycles. The van der Waals surface area contributed by atoms with E-state index in [1.807, 2.05) is 47.0 Å². The van der Waals surface area contributed by atoms with E-state index in [9.17, 15) is 4.79 Å². The molecular weight excluding hydrogens is 292 g/mol. The fourth-order valence-electron chi connectivity index (χ4n) is 2.59. The van der Waals surface area contributed by atoms with Gasteiger partial charge in [0.1, 0.15) is 0 Å². The number of benzene rings is 1. The van der Waals surface area contributed by atoms with E-state index in [-0.39, 0.29) is 18.3 Å². The Hall–Kier alpha value is -0.710. The maximum atomic E-state index is 12.3. The van der Waals surface area contributed by atoms with Crippen LogP contribution in [-0.2, 0) is 11.2 Å². The van der Waals surface area contributed by atoms with Gasteiger partial charge >= 0.3 is 0 Å². The van der Waals surface area contributed by atoms with Gasteiger partial charge in [-0.3, -0.25) is 4.79 Å². The minimum atomic E-state index is -0.407. The zero-order chi connectivity index (χ0) is 13.7. The van der Waals surface area contributed by atoms with Crippen LogP contribution in [0.2, 0.25) is 0 Å². The Kier molecular flexibility index (Phi) is 7.41. The number of halogens is 1. The zero-order valence-electron chi connectivity index (χ0n) is 11.8. The second kappa shape index (κ2) is 8.55. The smallest absolute Gasteiger partial charge is 0.239 e. The molecule has 1 aliphatic heterocycles. The molecule has 0 radical (unpaired) electrons. The Labute approximate surface area is 131 Å². The third-order valence-electron chi connectivity index (χ3n) is 3.62. The van der Waals surface area contributed by atoms with Crippen LogP contribution in [0.4, 0.5) is 0 Å². The van der Waals surface area contributed by atoms with Crippen molar-refractivity contribution < 1.29 is 4.79 Å². The number of carbonyl (C=O) groups excluding carboxylic acids is 1. The Balaban J connectivity index is 0.00000200. The minimum absolute atomic E-state index is 0. The summed E-state index contributed by atoms with van der Waals surface area (Å²) in [4.78, 5) is 14.2. The van der Waals surface area contributed by atoms with E-state index in [4.69, 9.17) is 5.73 Å². The van der Waals surface area contributed by atoms with E-state index in [1.54, 1.807) is 0 Å². The highest BCUT2D eigenvalue weighted by Gasteiger charge is 2.28. The number of carbonyl (C=O) groups is 1. The summed E-state index contributed by atoms with van der Waals surface area (Å²) in [5.74, 6) is 1.88. The number of hydrogen-bond donors (Lipinski definition) is 1. The van der Waals surface area contributed by atoms with Crippen molar-refractivity contribution in [3.8, 4) is 0 Å². The average molecular weight is 315 g/mol. The summed E-state index contributed by atoms with van der Waals surface area (Å²) in [6, 6.07) is 9.58. The summed E-state index contributed by atoms with van der Waals surface area (Å²) in [6.07, 6.45) is 3.86. The molecule has 0 saturated carbocycles. The molecule has 1 unspecified atom stereocenters. The standard InChI is InChI=1S/C15H22N2OS.ClH/c1-19-11-13-7-8-17(10-13)15(18)14(16)9-12-5-3-2-4-6-12;/h2-6,13-14H,7-11,16H2,1H3;1H/t13?,14-;/m0./s1. The van der Waals surface area contributed by atoms with Crippen LogP contribution in [0.25, 0.3) is 0 Å². The first-order valence-electron chi connectivity index (χ1n) is 6.78. The van der Waals surface area contributed by atoms with Crippen LogP contribution in [0, 0.1) is 5.92 Å². The number of thioether (sulfide) groups is 1. The minimum Gasteiger partial charge on any atom is -0.341 e. The monoisotopic (exact) mass is 314 g/mol.